The van der Waals surface area contributed by atoms with Gasteiger partial charge in [-0.3, -0.25) is 0 Å². The van der Waals surface area contributed by atoms with Crippen molar-refractivity contribution in [3.05, 3.63) is 71.3 Å². The zero-order valence-electron chi connectivity index (χ0n) is 7.20. The van der Waals surface area contributed by atoms with Gasteiger partial charge in [0.2, 0.25) is 0 Å². The van der Waals surface area contributed by atoms with Crippen LogP contribution in [0, 0.1) is 6.08 Å². The smallest absolute Gasteiger partial charge is 0.0285 e. The van der Waals surface area contributed by atoms with Crippen LogP contribution in [0.1, 0.15) is 17.0 Å². The third kappa shape index (κ3) is 0.919. The van der Waals surface area contributed by atoms with Crippen molar-refractivity contribution in [1.29, 1.82) is 0 Å². The van der Waals surface area contributed by atoms with Crippen molar-refractivity contribution in [3.8, 4) is 0 Å². The van der Waals surface area contributed by atoms with E-state index in [0.29, 0.717) is 5.92 Å². The first-order valence-corrected chi connectivity index (χ1v) is 4.53. The second-order valence-electron chi connectivity index (χ2n) is 3.39. The molecule has 61 valence electrons. The van der Waals surface area contributed by atoms with E-state index < -0.39 is 0 Å². The van der Waals surface area contributed by atoms with Gasteiger partial charge in [-0.1, -0.05) is 48.6 Å². The van der Waals surface area contributed by atoms with E-state index in [2.05, 4.69) is 54.6 Å². The quantitative estimate of drug-likeness (QED) is 0.554. The van der Waals surface area contributed by atoms with Crippen molar-refractivity contribution in [3.63, 3.8) is 0 Å². The first-order chi connectivity index (χ1) is 6.45. The molecule has 13 heavy (non-hydrogen) atoms. The molecule has 0 saturated carbocycles. The number of rotatable bonds is 0. The lowest BCUT2D eigenvalue weighted by Crippen LogP contribution is -1.95. The van der Waals surface area contributed by atoms with Gasteiger partial charge in [-0.05, 0) is 22.8 Å². The third-order valence-corrected chi connectivity index (χ3v) is 2.60. The van der Waals surface area contributed by atoms with Crippen LogP contribution in [0.3, 0.4) is 0 Å². The van der Waals surface area contributed by atoms with Crippen LogP contribution < -0.4 is 0 Å². The number of allylic oxidation sites excluding steroid dienone is 5. The van der Waals surface area contributed by atoms with Gasteiger partial charge in [-0.15, -0.1) is 0 Å². The van der Waals surface area contributed by atoms with Crippen molar-refractivity contribution in [2.75, 3.05) is 0 Å². The number of fused-ring (bicyclic) bond motifs is 3. The van der Waals surface area contributed by atoms with Crippen LogP contribution in [0.4, 0.5) is 0 Å². The summed E-state index contributed by atoms with van der Waals surface area (Å²) >= 11 is 0. The maximum absolute atomic E-state index is 3.42. The highest BCUT2D eigenvalue weighted by Crippen LogP contribution is 2.37. The lowest BCUT2D eigenvalue weighted by Gasteiger charge is -2.11. The predicted molar refractivity (Wildman–Crippen MR) is 53.3 cm³/mol. The Hall–Kier alpha value is -1.56. The van der Waals surface area contributed by atoms with Crippen molar-refractivity contribution in [2.24, 2.45) is 0 Å². The first-order valence-electron chi connectivity index (χ1n) is 4.53. The predicted octanol–water partition coefficient (Wildman–Crippen LogP) is 2.99. The second-order valence-corrected chi connectivity index (χ2v) is 3.39. The second kappa shape index (κ2) is 2.46. The molecular formula is C13H9. The summed E-state index contributed by atoms with van der Waals surface area (Å²) in [6, 6.07) is 8.47. The van der Waals surface area contributed by atoms with E-state index in [-0.39, 0.29) is 0 Å². The van der Waals surface area contributed by atoms with E-state index in [1.807, 2.05) is 0 Å². The average Bonchev–Trinajstić information content (AvgIpc) is 2.56. The number of benzene rings is 1. The van der Waals surface area contributed by atoms with Crippen LogP contribution in [0.25, 0.3) is 0 Å². The van der Waals surface area contributed by atoms with E-state index in [1.54, 1.807) is 0 Å². The molecule has 0 bridgehead atoms. The molecule has 1 atom stereocenters. The van der Waals surface area contributed by atoms with E-state index in [4.69, 9.17) is 0 Å². The molecule has 3 rings (SSSR count). The molecular weight excluding hydrogens is 156 g/mol. The Morgan fingerprint density at radius 3 is 3.00 bits per heavy atom. The molecule has 0 saturated heterocycles. The van der Waals surface area contributed by atoms with E-state index in [1.165, 1.54) is 16.7 Å². The molecule has 2 aliphatic carbocycles. The van der Waals surface area contributed by atoms with Crippen molar-refractivity contribution in [2.45, 2.75) is 5.92 Å². The largest absolute Gasteiger partial charge is 0.0726 e. The van der Waals surface area contributed by atoms with Crippen LogP contribution in [0.15, 0.2) is 54.1 Å². The third-order valence-electron chi connectivity index (χ3n) is 2.60. The molecule has 1 aromatic rings. The lowest BCUT2D eigenvalue weighted by atomic mass is 9.93. The molecule has 1 aromatic carbocycles. The molecule has 2 aliphatic rings. The zero-order chi connectivity index (χ0) is 8.67. The Labute approximate surface area is 77.9 Å². The minimum atomic E-state index is 0.459. The molecule has 1 unspecified atom stereocenters. The zero-order valence-corrected chi connectivity index (χ0v) is 7.20. The lowest BCUT2D eigenvalue weighted by molar-refractivity contribution is 1.05. The molecule has 0 aromatic heterocycles. The Morgan fingerprint density at radius 2 is 2.00 bits per heavy atom. The van der Waals surface area contributed by atoms with Crippen molar-refractivity contribution >= 4 is 0 Å². The fraction of sp³-hybridized carbons (Fsp3) is 0.0769. The first kappa shape index (κ1) is 6.90. The summed E-state index contributed by atoms with van der Waals surface area (Å²) in [6.45, 7) is 0. The van der Waals surface area contributed by atoms with Crippen LogP contribution in [-0.4, -0.2) is 0 Å². The summed E-state index contributed by atoms with van der Waals surface area (Å²) in [5.74, 6) is 0.459. The van der Waals surface area contributed by atoms with Gasteiger partial charge >= 0.3 is 0 Å². The van der Waals surface area contributed by atoms with Gasteiger partial charge in [0.25, 0.3) is 0 Å². The normalized spacial score (nSPS) is 22.5. The minimum absolute atomic E-state index is 0.459. The summed E-state index contributed by atoms with van der Waals surface area (Å²) in [4.78, 5) is 0. The summed E-state index contributed by atoms with van der Waals surface area (Å²) in [5, 5.41) is 0. The summed E-state index contributed by atoms with van der Waals surface area (Å²) in [6.07, 6.45) is 12.0. The SMILES string of the molecule is [C]1=C2C=CC=CC2c2ccccc21. The van der Waals surface area contributed by atoms with Crippen LogP contribution in [0.5, 0.6) is 0 Å². The highest BCUT2D eigenvalue weighted by atomic mass is 14.2. The Bertz CT molecular complexity index is 433. The van der Waals surface area contributed by atoms with Crippen LogP contribution in [0.2, 0.25) is 0 Å². The van der Waals surface area contributed by atoms with Gasteiger partial charge in [0.1, 0.15) is 0 Å². The van der Waals surface area contributed by atoms with Crippen LogP contribution >= 0.6 is 0 Å². The Morgan fingerprint density at radius 1 is 1.08 bits per heavy atom. The summed E-state index contributed by atoms with van der Waals surface area (Å²) in [5.41, 5.74) is 3.93. The van der Waals surface area contributed by atoms with E-state index >= 15 is 0 Å². The van der Waals surface area contributed by atoms with Crippen molar-refractivity contribution < 1.29 is 0 Å². The molecule has 1 radical (unpaired) electrons. The standard InChI is InChI=1S/C13H9/c1-3-7-12-10(5-1)9-11-6-2-4-8-13(11)12/h1-8,12H. The molecule has 0 spiro atoms. The van der Waals surface area contributed by atoms with Gasteiger partial charge in [0.15, 0.2) is 0 Å². The highest BCUT2D eigenvalue weighted by molar-refractivity contribution is 5.54. The Kier molecular flexibility index (Phi) is 1.31. The van der Waals surface area contributed by atoms with E-state index in [9.17, 15) is 0 Å². The number of hydrogen-bond acceptors (Lipinski definition) is 0. The number of hydrogen-bond donors (Lipinski definition) is 0. The molecule has 0 heterocycles. The van der Waals surface area contributed by atoms with E-state index in [0.717, 1.165) is 0 Å². The fourth-order valence-electron chi connectivity index (χ4n) is 1.97. The topological polar surface area (TPSA) is 0 Å². The molecule has 0 amide bonds. The van der Waals surface area contributed by atoms with Gasteiger partial charge in [0.05, 0.1) is 0 Å². The van der Waals surface area contributed by atoms with Gasteiger partial charge < -0.3 is 0 Å². The van der Waals surface area contributed by atoms with Gasteiger partial charge in [0, 0.05) is 5.92 Å². The molecule has 0 aliphatic heterocycles. The average molecular weight is 165 g/mol. The highest BCUT2D eigenvalue weighted by Gasteiger charge is 2.21. The molecule has 0 fully saturated rings. The molecule has 0 N–H and O–H groups in total. The van der Waals surface area contributed by atoms with Gasteiger partial charge in [-0.25, -0.2) is 0 Å². The molecule has 0 nitrogen and oxygen atoms in total. The van der Waals surface area contributed by atoms with Crippen molar-refractivity contribution in [1.82, 2.24) is 0 Å². The molecule has 0 heteroatoms. The van der Waals surface area contributed by atoms with Crippen LogP contribution in [-0.2, 0) is 0 Å². The maximum atomic E-state index is 3.42. The fourth-order valence-corrected chi connectivity index (χ4v) is 1.97. The maximum Gasteiger partial charge on any atom is 0.0285 e. The minimum Gasteiger partial charge on any atom is -0.0726 e. The monoisotopic (exact) mass is 165 g/mol. The summed E-state index contributed by atoms with van der Waals surface area (Å²) in [7, 11) is 0. The van der Waals surface area contributed by atoms with Gasteiger partial charge in [-0.2, -0.15) is 0 Å². The summed E-state index contributed by atoms with van der Waals surface area (Å²) < 4.78 is 0. The Balaban J connectivity index is 2.22.